The van der Waals surface area contributed by atoms with Crippen molar-refractivity contribution in [3.05, 3.63) is 24.0 Å². The second kappa shape index (κ2) is 4.07. The molecule has 0 aromatic rings. The van der Waals surface area contributed by atoms with Crippen LogP contribution in [0.15, 0.2) is 24.0 Å². The monoisotopic (exact) mass is 188 g/mol. The molecule has 13 heavy (non-hydrogen) atoms. The van der Waals surface area contributed by atoms with E-state index in [0.717, 1.165) is 0 Å². The molecule has 0 radical (unpaired) electrons. The predicted molar refractivity (Wildman–Crippen MR) is 46.8 cm³/mol. The summed E-state index contributed by atoms with van der Waals surface area (Å²) in [5, 5.41) is 8.47. The van der Waals surface area contributed by atoms with Gasteiger partial charge in [0.15, 0.2) is 0 Å². The predicted octanol–water partition coefficient (Wildman–Crippen LogP) is 2.25. The summed E-state index contributed by atoms with van der Waals surface area (Å²) in [6.45, 7) is 7.16. The first kappa shape index (κ1) is 11.7. The molecule has 0 unspecified atom stereocenters. The van der Waals surface area contributed by atoms with Gasteiger partial charge in [-0.3, -0.25) is 0 Å². The van der Waals surface area contributed by atoms with Crippen LogP contribution in [-0.2, 0) is 9.53 Å². The largest absolute Gasteiger partial charge is 0.478 e. The number of halogens is 1. The lowest BCUT2D eigenvalue weighted by molar-refractivity contribution is -0.132. The lowest BCUT2D eigenvalue weighted by Gasteiger charge is -2.16. The van der Waals surface area contributed by atoms with E-state index < -0.39 is 11.8 Å². The van der Waals surface area contributed by atoms with Gasteiger partial charge >= 0.3 is 5.97 Å². The minimum atomic E-state index is -1.84. The third kappa shape index (κ3) is 5.90. The van der Waals surface area contributed by atoms with Gasteiger partial charge in [-0.2, -0.15) is 4.39 Å². The number of hydrogen-bond acceptors (Lipinski definition) is 2. The van der Waals surface area contributed by atoms with Gasteiger partial charge < -0.3 is 9.84 Å². The van der Waals surface area contributed by atoms with Gasteiger partial charge in [-0.1, -0.05) is 6.58 Å². The Labute approximate surface area is 76.5 Å². The lowest BCUT2D eigenvalue weighted by atomic mass is 10.2. The first-order valence-electron chi connectivity index (χ1n) is 3.71. The molecule has 3 nitrogen and oxygen atoms in total. The molecule has 0 aromatic carbocycles. The SMILES string of the molecule is C=C(C=C(C)C(=O)O)OC(C)(C)F. The Hall–Kier alpha value is -1.32. The molecule has 0 amide bonds. The van der Waals surface area contributed by atoms with Crippen LogP contribution in [0, 0.1) is 0 Å². The zero-order valence-corrected chi connectivity index (χ0v) is 7.93. The number of carbonyl (C=O) groups is 1. The molecular weight excluding hydrogens is 175 g/mol. The smallest absolute Gasteiger partial charge is 0.331 e. The Morgan fingerprint density at radius 2 is 2.08 bits per heavy atom. The molecule has 0 bridgehead atoms. The number of alkyl halides is 1. The number of carboxylic acids is 1. The highest BCUT2D eigenvalue weighted by Gasteiger charge is 2.16. The second-order valence-corrected chi connectivity index (χ2v) is 3.06. The summed E-state index contributed by atoms with van der Waals surface area (Å²) < 4.78 is 17.5. The van der Waals surface area contributed by atoms with E-state index in [-0.39, 0.29) is 11.3 Å². The van der Waals surface area contributed by atoms with Crippen LogP contribution in [0.2, 0.25) is 0 Å². The van der Waals surface area contributed by atoms with Crippen LogP contribution in [0.25, 0.3) is 0 Å². The fourth-order valence-corrected chi connectivity index (χ4v) is 0.644. The molecule has 0 aliphatic rings. The molecule has 1 N–H and O–H groups in total. The van der Waals surface area contributed by atoms with Crippen LogP contribution in [-0.4, -0.2) is 16.9 Å². The maximum Gasteiger partial charge on any atom is 0.331 e. The Morgan fingerprint density at radius 1 is 1.62 bits per heavy atom. The van der Waals surface area contributed by atoms with E-state index in [0.29, 0.717) is 0 Å². The molecule has 0 rings (SSSR count). The maximum atomic E-state index is 12.8. The molecular formula is C9H13FO3. The highest BCUT2D eigenvalue weighted by atomic mass is 19.2. The third-order valence-electron chi connectivity index (χ3n) is 1.09. The molecule has 0 fully saturated rings. The summed E-state index contributed by atoms with van der Waals surface area (Å²) in [4.78, 5) is 10.3. The fourth-order valence-electron chi connectivity index (χ4n) is 0.644. The van der Waals surface area contributed by atoms with E-state index in [1.807, 2.05) is 0 Å². The summed E-state index contributed by atoms with van der Waals surface area (Å²) in [5.41, 5.74) is 0.0502. The van der Waals surface area contributed by atoms with Crippen LogP contribution in [0.3, 0.4) is 0 Å². The van der Waals surface area contributed by atoms with Gasteiger partial charge in [0.05, 0.1) is 0 Å². The van der Waals surface area contributed by atoms with Crippen molar-refractivity contribution in [2.24, 2.45) is 0 Å². The number of allylic oxidation sites excluding steroid dienone is 1. The number of ether oxygens (including phenoxy) is 1. The molecule has 0 heterocycles. The minimum Gasteiger partial charge on any atom is -0.478 e. The standard InChI is InChI=1S/C9H13FO3/c1-6(8(11)12)5-7(2)13-9(3,4)10/h5H,2H2,1,3-4H3,(H,11,12). The number of rotatable bonds is 4. The summed E-state index contributed by atoms with van der Waals surface area (Å²) in [6.07, 6.45) is 1.17. The highest BCUT2D eigenvalue weighted by molar-refractivity contribution is 5.86. The quantitative estimate of drug-likeness (QED) is 0.418. The molecule has 0 saturated heterocycles. The first-order valence-corrected chi connectivity index (χ1v) is 3.71. The topological polar surface area (TPSA) is 46.5 Å². The average molecular weight is 188 g/mol. The minimum absolute atomic E-state index is 0.00704. The van der Waals surface area contributed by atoms with Crippen molar-refractivity contribution in [1.29, 1.82) is 0 Å². The van der Waals surface area contributed by atoms with Crippen LogP contribution in [0.4, 0.5) is 4.39 Å². The fraction of sp³-hybridized carbons (Fsp3) is 0.444. The van der Waals surface area contributed by atoms with Gasteiger partial charge in [0.25, 0.3) is 0 Å². The van der Waals surface area contributed by atoms with Gasteiger partial charge in [0.1, 0.15) is 5.76 Å². The summed E-state index contributed by atoms with van der Waals surface area (Å²) in [7, 11) is 0. The van der Waals surface area contributed by atoms with Crippen molar-refractivity contribution in [2.45, 2.75) is 26.6 Å². The van der Waals surface area contributed by atoms with Crippen LogP contribution >= 0.6 is 0 Å². The summed E-state index contributed by atoms with van der Waals surface area (Å²) in [5.74, 6) is -2.93. The molecule has 4 heteroatoms. The Bertz CT molecular complexity index is 248. The molecule has 0 spiro atoms. The van der Waals surface area contributed by atoms with Crippen molar-refractivity contribution >= 4 is 5.97 Å². The van der Waals surface area contributed by atoms with Gasteiger partial charge in [-0.05, 0) is 13.0 Å². The van der Waals surface area contributed by atoms with E-state index in [9.17, 15) is 9.18 Å². The Kier molecular flexibility index (Phi) is 3.66. The van der Waals surface area contributed by atoms with Crippen LogP contribution in [0.5, 0.6) is 0 Å². The molecule has 74 valence electrons. The van der Waals surface area contributed by atoms with Crippen LogP contribution < -0.4 is 0 Å². The number of carboxylic acid groups (broad SMARTS) is 1. The molecule has 0 saturated carbocycles. The Morgan fingerprint density at radius 3 is 2.38 bits per heavy atom. The lowest BCUT2D eigenvalue weighted by Crippen LogP contribution is -2.16. The maximum absolute atomic E-state index is 12.8. The normalized spacial score (nSPS) is 12.5. The van der Waals surface area contributed by atoms with Crippen LogP contribution in [0.1, 0.15) is 20.8 Å². The summed E-state index contributed by atoms with van der Waals surface area (Å²) in [6, 6.07) is 0. The van der Waals surface area contributed by atoms with Crippen molar-refractivity contribution in [3.63, 3.8) is 0 Å². The van der Waals surface area contributed by atoms with Crippen molar-refractivity contribution in [3.8, 4) is 0 Å². The number of aliphatic carboxylic acids is 1. The molecule has 0 aliphatic heterocycles. The van der Waals surface area contributed by atoms with Gasteiger partial charge in [-0.15, -0.1) is 0 Å². The van der Waals surface area contributed by atoms with E-state index in [2.05, 4.69) is 11.3 Å². The first-order chi connectivity index (χ1) is 5.72. The zero-order chi connectivity index (χ0) is 10.6. The molecule has 0 atom stereocenters. The van der Waals surface area contributed by atoms with Gasteiger partial charge in [0, 0.05) is 19.4 Å². The van der Waals surface area contributed by atoms with Crippen molar-refractivity contribution < 1.29 is 19.0 Å². The third-order valence-corrected chi connectivity index (χ3v) is 1.09. The molecule has 0 aliphatic carbocycles. The van der Waals surface area contributed by atoms with Gasteiger partial charge in [0.2, 0.25) is 5.85 Å². The van der Waals surface area contributed by atoms with Gasteiger partial charge in [-0.25, -0.2) is 4.79 Å². The zero-order valence-electron chi connectivity index (χ0n) is 7.93. The highest BCUT2D eigenvalue weighted by Crippen LogP contribution is 2.16. The average Bonchev–Trinajstić information content (AvgIpc) is 1.81. The second-order valence-electron chi connectivity index (χ2n) is 3.06. The number of hydrogen-bond donors (Lipinski definition) is 1. The van der Waals surface area contributed by atoms with Crippen molar-refractivity contribution in [2.75, 3.05) is 0 Å². The summed E-state index contributed by atoms with van der Waals surface area (Å²) >= 11 is 0. The molecule has 0 aromatic heterocycles. The van der Waals surface area contributed by atoms with E-state index >= 15 is 0 Å². The van der Waals surface area contributed by atoms with E-state index in [1.54, 1.807) is 0 Å². The Balaban J connectivity index is 4.32. The van der Waals surface area contributed by atoms with Crippen molar-refractivity contribution in [1.82, 2.24) is 0 Å². The van der Waals surface area contributed by atoms with E-state index in [4.69, 9.17) is 5.11 Å². The van der Waals surface area contributed by atoms with E-state index in [1.165, 1.54) is 26.8 Å².